The van der Waals surface area contributed by atoms with Crippen molar-refractivity contribution < 1.29 is 0 Å². The van der Waals surface area contributed by atoms with E-state index in [-0.39, 0.29) is 0 Å². The Morgan fingerprint density at radius 2 is 1.60 bits per heavy atom. The van der Waals surface area contributed by atoms with Crippen molar-refractivity contribution in [3.63, 3.8) is 0 Å². The summed E-state index contributed by atoms with van der Waals surface area (Å²) in [4.78, 5) is 0. The van der Waals surface area contributed by atoms with Gasteiger partial charge in [-0.05, 0) is 23.2 Å². The molecule has 0 aromatic heterocycles. The molecule has 0 nitrogen and oxygen atoms in total. The Bertz CT molecular complexity index is 121. The Morgan fingerprint density at radius 1 is 1.20 bits per heavy atom. The topological polar surface area (TPSA) is 0 Å². The normalized spacial score (nSPS) is 54.3. The molecule has 2 atom stereocenters. The molecule has 0 radical (unpaired) electrons. The van der Waals surface area contributed by atoms with Gasteiger partial charge in [-0.2, -0.15) is 0 Å². The quantitative estimate of drug-likeness (QED) is 0.576. The van der Waals surface area contributed by atoms with Gasteiger partial charge in [0, 0.05) is 5.33 Å². The SMILES string of the molecule is CC1C(C)C(C)(CBr)C1C. The molecule has 0 spiro atoms. The Kier molecular flexibility index (Phi) is 2.15. The fourth-order valence-corrected chi connectivity index (χ4v) is 3.19. The molecule has 1 aliphatic carbocycles. The highest BCUT2D eigenvalue weighted by molar-refractivity contribution is 9.09. The van der Waals surface area contributed by atoms with Crippen molar-refractivity contribution in [1.82, 2.24) is 0 Å². The highest BCUT2D eigenvalue weighted by Gasteiger charge is 2.50. The first-order chi connectivity index (χ1) is 4.54. The molecule has 2 unspecified atom stereocenters. The minimum Gasteiger partial charge on any atom is -0.0922 e. The molecule has 60 valence electrons. The molecule has 0 saturated heterocycles. The fourth-order valence-electron chi connectivity index (χ4n) is 2.17. The van der Waals surface area contributed by atoms with Crippen LogP contribution in [0, 0.1) is 23.2 Å². The standard InChI is InChI=1S/C9H17Br/c1-6-7(2)9(4,5-10)8(6)3/h6-8H,5H2,1-4H3. The monoisotopic (exact) mass is 204 g/mol. The van der Waals surface area contributed by atoms with Gasteiger partial charge < -0.3 is 0 Å². The molecular formula is C9H17Br. The number of rotatable bonds is 1. The summed E-state index contributed by atoms with van der Waals surface area (Å²) in [5.74, 6) is 2.70. The van der Waals surface area contributed by atoms with Gasteiger partial charge in [0.05, 0.1) is 0 Å². The third kappa shape index (κ3) is 0.861. The number of halogens is 1. The minimum atomic E-state index is 0.569. The van der Waals surface area contributed by atoms with E-state index in [1.54, 1.807) is 0 Å². The fraction of sp³-hybridized carbons (Fsp3) is 1.00. The van der Waals surface area contributed by atoms with Crippen molar-refractivity contribution in [2.75, 3.05) is 5.33 Å². The highest BCUT2D eigenvalue weighted by Crippen LogP contribution is 2.55. The van der Waals surface area contributed by atoms with Crippen LogP contribution in [-0.2, 0) is 0 Å². The Labute approximate surface area is 72.5 Å². The molecule has 0 amide bonds. The average Bonchev–Trinajstić information content (AvgIpc) is 2.00. The van der Waals surface area contributed by atoms with Gasteiger partial charge in [0.25, 0.3) is 0 Å². The molecule has 1 saturated carbocycles. The second kappa shape index (κ2) is 2.51. The summed E-state index contributed by atoms with van der Waals surface area (Å²) in [6.07, 6.45) is 0. The molecule has 10 heavy (non-hydrogen) atoms. The van der Waals surface area contributed by atoms with Crippen molar-refractivity contribution >= 4 is 15.9 Å². The lowest BCUT2D eigenvalue weighted by atomic mass is 9.50. The maximum atomic E-state index is 3.59. The number of hydrogen-bond acceptors (Lipinski definition) is 0. The van der Waals surface area contributed by atoms with Crippen LogP contribution in [-0.4, -0.2) is 5.33 Å². The predicted octanol–water partition coefficient (Wildman–Crippen LogP) is 3.31. The van der Waals surface area contributed by atoms with Crippen LogP contribution in [0.2, 0.25) is 0 Å². The first kappa shape index (κ1) is 8.58. The molecule has 0 N–H and O–H groups in total. The van der Waals surface area contributed by atoms with Crippen LogP contribution in [0.4, 0.5) is 0 Å². The Morgan fingerprint density at radius 3 is 1.80 bits per heavy atom. The first-order valence-corrected chi connectivity index (χ1v) is 5.22. The average molecular weight is 205 g/mol. The van der Waals surface area contributed by atoms with Crippen LogP contribution in [0.5, 0.6) is 0 Å². The van der Waals surface area contributed by atoms with Gasteiger partial charge >= 0.3 is 0 Å². The summed E-state index contributed by atoms with van der Waals surface area (Å²) < 4.78 is 0. The summed E-state index contributed by atoms with van der Waals surface area (Å²) in [6.45, 7) is 9.48. The molecule has 0 aromatic carbocycles. The second-order valence-electron chi connectivity index (χ2n) is 4.08. The number of hydrogen-bond donors (Lipinski definition) is 0. The lowest BCUT2D eigenvalue weighted by Gasteiger charge is -2.56. The van der Waals surface area contributed by atoms with Crippen LogP contribution in [0.3, 0.4) is 0 Å². The Hall–Kier alpha value is 0.480. The molecular weight excluding hydrogens is 188 g/mol. The maximum absolute atomic E-state index is 3.59. The third-order valence-electron chi connectivity index (χ3n) is 3.95. The van der Waals surface area contributed by atoms with Gasteiger partial charge in [-0.15, -0.1) is 0 Å². The van der Waals surface area contributed by atoms with Crippen LogP contribution in [0.1, 0.15) is 27.7 Å². The van der Waals surface area contributed by atoms with Crippen LogP contribution in [0.25, 0.3) is 0 Å². The van der Waals surface area contributed by atoms with Crippen molar-refractivity contribution in [3.05, 3.63) is 0 Å². The van der Waals surface area contributed by atoms with Gasteiger partial charge in [-0.1, -0.05) is 43.6 Å². The van der Waals surface area contributed by atoms with E-state index in [9.17, 15) is 0 Å². The largest absolute Gasteiger partial charge is 0.0922 e. The first-order valence-electron chi connectivity index (χ1n) is 4.10. The lowest BCUT2D eigenvalue weighted by molar-refractivity contribution is -0.0595. The van der Waals surface area contributed by atoms with Gasteiger partial charge in [0.15, 0.2) is 0 Å². The van der Waals surface area contributed by atoms with E-state index < -0.39 is 0 Å². The van der Waals surface area contributed by atoms with Crippen molar-refractivity contribution in [2.24, 2.45) is 23.2 Å². The van der Waals surface area contributed by atoms with E-state index >= 15 is 0 Å². The molecule has 0 heterocycles. The van der Waals surface area contributed by atoms with E-state index in [0.29, 0.717) is 5.41 Å². The molecule has 0 aliphatic heterocycles. The van der Waals surface area contributed by atoms with Crippen LogP contribution >= 0.6 is 15.9 Å². The lowest BCUT2D eigenvalue weighted by Crippen LogP contribution is -2.52. The molecule has 1 fully saturated rings. The summed E-state index contributed by atoms with van der Waals surface area (Å²) >= 11 is 3.59. The van der Waals surface area contributed by atoms with E-state index in [0.717, 1.165) is 23.1 Å². The minimum absolute atomic E-state index is 0.569. The molecule has 1 heteroatoms. The predicted molar refractivity (Wildman–Crippen MR) is 49.4 cm³/mol. The zero-order valence-corrected chi connectivity index (χ0v) is 8.90. The van der Waals surface area contributed by atoms with E-state index in [1.807, 2.05) is 0 Å². The summed E-state index contributed by atoms with van der Waals surface area (Å²) in [6, 6.07) is 0. The third-order valence-corrected chi connectivity index (χ3v) is 5.15. The van der Waals surface area contributed by atoms with Crippen LogP contribution < -0.4 is 0 Å². The molecule has 1 aliphatic rings. The van der Waals surface area contributed by atoms with Gasteiger partial charge in [0.2, 0.25) is 0 Å². The zero-order valence-electron chi connectivity index (χ0n) is 7.32. The van der Waals surface area contributed by atoms with Crippen LogP contribution in [0.15, 0.2) is 0 Å². The van der Waals surface area contributed by atoms with Gasteiger partial charge in [-0.3, -0.25) is 0 Å². The molecule has 1 rings (SSSR count). The number of alkyl halides is 1. The van der Waals surface area contributed by atoms with Gasteiger partial charge in [0.1, 0.15) is 0 Å². The second-order valence-corrected chi connectivity index (χ2v) is 4.64. The zero-order chi connectivity index (χ0) is 7.94. The molecule has 0 bridgehead atoms. The van der Waals surface area contributed by atoms with Crippen molar-refractivity contribution in [2.45, 2.75) is 27.7 Å². The van der Waals surface area contributed by atoms with Gasteiger partial charge in [-0.25, -0.2) is 0 Å². The van der Waals surface area contributed by atoms with E-state index in [1.165, 1.54) is 0 Å². The van der Waals surface area contributed by atoms with Crippen molar-refractivity contribution in [1.29, 1.82) is 0 Å². The maximum Gasteiger partial charge on any atom is 0.00906 e. The smallest absolute Gasteiger partial charge is 0.00906 e. The highest BCUT2D eigenvalue weighted by atomic mass is 79.9. The summed E-state index contributed by atoms with van der Waals surface area (Å²) in [5.41, 5.74) is 0.569. The van der Waals surface area contributed by atoms with E-state index in [2.05, 4.69) is 43.6 Å². The Balaban J connectivity index is 2.64. The van der Waals surface area contributed by atoms with Crippen molar-refractivity contribution in [3.8, 4) is 0 Å². The molecule has 0 aromatic rings. The van der Waals surface area contributed by atoms with E-state index in [4.69, 9.17) is 0 Å². The summed E-state index contributed by atoms with van der Waals surface area (Å²) in [5, 5.41) is 1.16. The summed E-state index contributed by atoms with van der Waals surface area (Å²) in [7, 11) is 0.